The Morgan fingerprint density at radius 3 is 2.86 bits per heavy atom. The molecule has 0 aliphatic heterocycles. The van der Waals surface area contributed by atoms with Crippen LogP contribution in [0.1, 0.15) is 23.9 Å². The van der Waals surface area contributed by atoms with Crippen LogP contribution in [0.3, 0.4) is 0 Å². The van der Waals surface area contributed by atoms with Gasteiger partial charge < -0.3 is 14.2 Å². The SMILES string of the molecule is CCOc1ccc(/C=C/C(=O)OCc2cc(=O)n3c(C)csc3n2)cc1OC. The normalized spacial score (nSPS) is 11.1. The Morgan fingerprint density at radius 2 is 2.11 bits per heavy atom. The van der Waals surface area contributed by atoms with Crippen LogP contribution < -0.4 is 15.0 Å². The first-order valence-electron chi connectivity index (χ1n) is 8.64. The fourth-order valence-corrected chi connectivity index (χ4v) is 3.49. The number of esters is 1. The molecule has 8 heteroatoms. The molecule has 3 aromatic rings. The molecule has 146 valence electrons. The smallest absolute Gasteiger partial charge is 0.331 e. The molecule has 0 spiro atoms. The summed E-state index contributed by atoms with van der Waals surface area (Å²) in [6, 6.07) is 6.74. The molecular weight excluding hydrogens is 380 g/mol. The predicted octanol–water partition coefficient (Wildman–Crippen LogP) is 3.23. The molecule has 0 amide bonds. The average molecular weight is 400 g/mol. The van der Waals surface area contributed by atoms with E-state index in [-0.39, 0.29) is 12.2 Å². The quantitative estimate of drug-likeness (QED) is 0.448. The minimum atomic E-state index is -0.530. The van der Waals surface area contributed by atoms with E-state index in [9.17, 15) is 9.59 Å². The largest absolute Gasteiger partial charge is 0.493 e. The van der Waals surface area contributed by atoms with E-state index < -0.39 is 5.97 Å². The predicted molar refractivity (Wildman–Crippen MR) is 107 cm³/mol. The zero-order valence-corrected chi connectivity index (χ0v) is 16.6. The number of nitrogens with zero attached hydrogens (tertiary/aromatic N) is 2. The molecule has 28 heavy (non-hydrogen) atoms. The van der Waals surface area contributed by atoms with E-state index >= 15 is 0 Å². The van der Waals surface area contributed by atoms with Crippen LogP contribution in [0.4, 0.5) is 0 Å². The average Bonchev–Trinajstić information content (AvgIpc) is 3.07. The molecule has 7 nitrogen and oxygen atoms in total. The first kappa shape index (κ1) is 19.6. The summed E-state index contributed by atoms with van der Waals surface area (Å²) in [7, 11) is 1.56. The maximum absolute atomic E-state index is 12.1. The molecule has 0 radical (unpaired) electrons. The van der Waals surface area contributed by atoms with Crippen LogP contribution in [0.25, 0.3) is 11.0 Å². The highest BCUT2D eigenvalue weighted by atomic mass is 32.1. The van der Waals surface area contributed by atoms with Gasteiger partial charge >= 0.3 is 5.97 Å². The Kier molecular flexibility index (Phi) is 6.10. The number of methoxy groups -OCH3 is 1. The zero-order valence-electron chi connectivity index (χ0n) is 15.8. The molecular formula is C20H20N2O5S. The lowest BCUT2D eigenvalue weighted by Crippen LogP contribution is -2.16. The van der Waals surface area contributed by atoms with E-state index in [0.29, 0.717) is 28.8 Å². The molecule has 0 fully saturated rings. The van der Waals surface area contributed by atoms with Gasteiger partial charge in [0.2, 0.25) is 0 Å². The number of hydrogen-bond acceptors (Lipinski definition) is 7. The number of rotatable bonds is 7. The van der Waals surface area contributed by atoms with Gasteiger partial charge in [-0.25, -0.2) is 9.78 Å². The number of hydrogen-bond donors (Lipinski definition) is 0. The maximum Gasteiger partial charge on any atom is 0.331 e. The monoisotopic (exact) mass is 400 g/mol. The van der Waals surface area contributed by atoms with E-state index in [0.717, 1.165) is 11.3 Å². The number of ether oxygens (including phenoxy) is 3. The molecule has 0 saturated carbocycles. The summed E-state index contributed by atoms with van der Waals surface area (Å²) >= 11 is 1.37. The number of carbonyl (C=O) groups excluding carboxylic acids is 1. The van der Waals surface area contributed by atoms with Crippen molar-refractivity contribution in [2.24, 2.45) is 0 Å². The van der Waals surface area contributed by atoms with Crippen LogP contribution in [0.15, 0.2) is 40.5 Å². The van der Waals surface area contributed by atoms with Crippen molar-refractivity contribution in [1.82, 2.24) is 9.38 Å². The summed E-state index contributed by atoms with van der Waals surface area (Å²) in [5.41, 5.74) is 1.82. The van der Waals surface area contributed by atoms with Crippen LogP contribution >= 0.6 is 11.3 Å². The molecule has 0 aliphatic rings. The van der Waals surface area contributed by atoms with Gasteiger partial charge in [-0.2, -0.15) is 0 Å². The van der Waals surface area contributed by atoms with Gasteiger partial charge in [0.25, 0.3) is 5.56 Å². The van der Waals surface area contributed by atoms with E-state index in [1.807, 2.05) is 25.3 Å². The van der Waals surface area contributed by atoms with Gasteiger partial charge in [0, 0.05) is 23.2 Å². The number of aryl methyl sites for hydroxylation is 1. The molecule has 0 N–H and O–H groups in total. The second-order valence-electron chi connectivity index (χ2n) is 5.87. The maximum atomic E-state index is 12.1. The van der Waals surface area contributed by atoms with E-state index in [4.69, 9.17) is 14.2 Å². The highest BCUT2D eigenvalue weighted by Gasteiger charge is 2.08. The Labute approximate surface area is 165 Å². The summed E-state index contributed by atoms with van der Waals surface area (Å²) in [4.78, 5) is 29.0. The van der Waals surface area contributed by atoms with E-state index in [1.54, 1.807) is 25.3 Å². The Morgan fingerprint density at radius 1 is 1.29 bits per heavy atom. The Hall–Kier alpha value is -3.13. The molecule has 2 heterocycles. The van der Waals surface area contributed by atoms with Gasteiger partial charge in [0.05, 0.1) is 19.4 Å². The van der Waals surface area contributed by atoms with Crippen molar-refractivity contribution in [3.05, 3.63) is 63.0 Å². The lowest BCUT2D eigenvalue weighted by Gasteiger charge is -2.09. The first-order valence-corrected chi connectivity index (χ1v) is 9.52. The van der Waals surface area contributed by atoms with Crippen molar-refractivity contribution in [1.29, 1.82) is 0 Å². The van der Waals surface area contributed by atoms with Crippen LogP contribution in [0.2, 0.25) is 0 Å². The molecule has 0 unspecified atom stereocenters. The lowest BCUT2D eigenvalue weighted by molar-refractivity contribution is -0.139. The van der Waals surface area contributed by atoms with Gasteiger partial charge in [0.15, 0.2) is 16.5 Å². The molecule has 0 bridgehead atoms. The van der Waals surface area contributed by atoms with E-state index in [1.165, 1.54) is 27.9 Å². The third kappa shape index (κ3) is 4.40. The van der Waals surface area contributed by atoms with Crippen LogP contribution in [-0.2, 0) is 16.1 Å². The summed E-state index contributed by atoms with van der Waals surface area (Å²) < 4.78 is 17.5. The standard InChI is InChI=1S/C20H20N2O5S/c1-4-26-16-7-5-14(9-17(16)25-3)6-8-19(24)27-11-15-10-18(23)22-13(2)12-28-20(22)21-15/h5-10,12H,4,11H2,1-3H3/b8-6+. The number of thiazole rings is 1. The van der Waals surface area contributed by atoms with Crippen molar-refractivity contribution in [2.75, 3.05) is 13.7 Å². The van der Waals surface area contributed by atoms with Gasteiger partial charge in [0.1, 0.15) is 6.61 Å². The molecule has 0 aliphatic carbocycles. The Balaban J connectivity index is 1.65. The molecule has 3 rings (SSSR count). The zero-order chi connectivity index (χ0) is 20.1. The van der Waals surface area contributed by atoms with Gasteiger partial charge in [-0.15, -0.1) is 11.3 Å². The number of fused-ring (bicyclic) bond motifs is 1. The van der Waals surface area contributed by atoms with E-state index in [2.05, 4.69) is 4.98 Å². The van der Waals surface area contributed by atoms with Gasteiger partial charge in [-0.1, -0.05) is 6.07 Å². The van der Waals surface area contributed by atoms with Crippen molar-refractivity contribution in [3.8, 4) is 11.5 Å². The number of benzene rings is 1. The van der Waals surface area contributed by atoms with Crippen molar-refractivity contribution in [2.45, 2.75) is 20.5 Å². The third-order valence-electron chi connectivity index (χ3n) is 3.89. The fraction of sp³-hybridized carbons (Fsp3) is 0.250. The second kappa shape index (κ2) is 8.71. The number of carbonyl (C=O) groups is 1. The van der Waals surface area contributed by atoms with Crippen LogP contribution in [-0.4, -0.2) is 29.1 Å². The first-order chi connectivity index (χ1) is 13.5. The summed E-state index contributed by atoms with van der Waals surface area (Å²) in [6.45, 7) is 4.20. The van der Waals surface area contributed by atoms with Gasteiger partial charge in [-0.3, -0.25) is 9.20 Å². The molecule has 2 aromatic heterocycles. The van der Waals surface area contributed by atoms with Crippen LogP contribution in [0.5, 0.6) is 11.5 Å². The summed E-state index contributed by atoms with van der Waals surface area (Å²) in [5.74, 6) is 0.695. The second-order valence-corrected chi connectivity index (χ2v) is 6.70. The third-order valence-corrected chi connectivity index (χ3v) is 4.83. The number of aromatic nitrogens is 2. The van der Waals surface area contributed by atoms with Crippen molar-refractivity contribution in [3.63, 3.8) is 0 Å². The topological polar surface area (TPSA) is 79.1 Å². The minimum Gasteiger partial charge on any atom is -0.493 e. The molecule has 0 atom stereocenters. The molecule has 0 saturated heterocycles. The summed E-state index contributed by atoms with van der Waals surface area (Å²) in [6.07, 6.45) is 2.94. The van der Waals surface area contributed by atoms with Crippen LogP contribution in [0, 0.1) is 6.92 Å². The minimum absolute atomic E-state index is 0.0710. The lowest BCUT2D eigenvalue weighted by atomic mass is 10.2. The van der Waals surface area contributed by atoms with Crippen molar-refractivity contribution < 1.29 is 19.0 Å². The highest BCUT2D eigenvalue weighted by molar-refractivity contribution is 7.15. The summed E-state index contributed by atoms with van der Waals surface area (Å²) in [5, 5.41) is 1.85. The van der Waals surface area contributed by atoms with Gasteiger partial charge in [-0.05, 0) is 37.6 Å². The van der Waals surface area contributed by atoms with Crippen molar-refractivity contribution >= 4 is 28.3 Å². The fourth-order valence-electron chi connectivity index (χ4n) is 2.59. The molecule has 1 aromatic carbocycles. The highest BCUT2D eigenvalue weighted by Crippen LogP contribution is 2.28. The Bertz CT molecular complexity index is 1080.